The summed E-state index contributed by atoms with van der Waals surface area (Å²) in [6, 6.07) is 12.8. The summed E-state index contributed by atoms with van der Waals surface area (Å²) in [5.41, 5.74) is 4.72. The number of aryl methyl sites for hydroxylation is 1. The molecule has 2 heteroatoms. The third-order valence-corrected chi connectivity index (χ3v) is 3.48. The van der Waals surface area contributed by atoms with E-state index in [1.54, 1.807) is 6.07 Å². The second kappa shape index (κ2) is 6.49. The van der Waals surface area contributed by atoms with Crippen LogP contribution in [0.25, 0.3) is 11.1 Å². The fourth-order valence-electron chi connectivity index (χ4n) is 2.15. The standard InChI is InChI=1S/C19H20FN/c1-13(2)4-11-19(21)16-9-10-17(18(20)12-16)15-7-5-14(3)6-8-15/h5-10,12,21H,1,4,11H2,2-3H3. The molecule has 0 unspecified atom stereocenters. The van der Waals surface area contributed by atoms with Gasteiger partial charge in [-0.1, -0.05) is 47.5 Å². The molecule has 21 heavy (non-hydrogen) atoms. The van der Waals surface area contributed by atoms with Crippen molar-refractivity contribution in [2.24, 2.45) is 0 Å². The van der Waals surface area contributed by atoms with E-state index in [-0.39, 0.29) is 5.82 Å². The molecule has 0 amide bonds. The molecule has 1 nitrogen and oxygen atoms in total. The van der Waals surface area contributed by atoms with Crippen molar-refractivity contribution in [1.82, 2.24) is 0 Å². The topological polar surface area (TPSA) is 23.9 Å². The maximum atomic E-state index is 14.3. The Hall–Kier alpha value is -2.22. The first-order valence-corrected chi connectivity index (χ1v) is 7.06. The predicted molar refractivity (Wildman–Crippen MR) is 87.4 cm³/mol. The molecule has 108 valence electrons. The highest BCUT2D eigenvalue weighted by Crippen LogP contribution is 2.24. The Morgan fingerprint density at radius 2 is 1.76 bits per heavy atom. The number of benzene rings is 2. The van der Waals surface area contributed by atoms with Crippen molar-refractivity contribution < 1.29 is 4.39 Å². The zero-order chi connectivity index (χ0) is 15.4. The summed E-state index contributed by atoms with van der Waals surface area (Å²) >= 11 is 0. The van der Waals surface area contributed by atoms with Crippen LogP contribution in [0.15, 0.2) is 54.6 Å². The Kier molecular flexibility index (Phi) is 4.69. The minimum atomic E-state index is -0.281. The summed E-state index contributed by atoms with van der Waals surface area (Å²) in [7, 11) is 0. The van der Waals surface area contributed by atoms with E-state index in [1.807, 2.05) is 44.2 Å². The van der Waals surface area contributed by atoms with Crippen LogP contribution >= 0.6 is 0 Å². The van der Waals surface area contributed by atoms with E-state index < -0.39 is 0 Å². The molecule has 1 N–H and O–H groups in total. The van der Waals surface area contributed by atoms with Crippen LogP contribution in [0.5, 0.6) is 0 Å². The molecule has 0 aliphatic carbocycles. The van der Waals surface area contributed by atoms with Gasteiger partial charge in [0, 0.05) is 11.3 Å². The van der Waals surface area contributed by atoms with E-state index >= 15 is 0 Å². The lowest BCUT2D eigenvalue weighted by Gasteiger charge is -2.08. The van der Waals surface area contributed by atoms with Crippen molar-refractivity contribution in [3.05, 3.63) is 71.6 Å². The monoisotopic (exact) mass is 281 g/mol. The SMILES string of the molecule is C=C(C)CCC(=N)c1ccc(-c2ccc(C)cc2)c(F)c1. The maximum Gasteiger partial charge on any atom is 0.131 e. The van der Waals surface area contributed by atoms with Gasteiger partial charge < -0.3 is 5.41 Å². The number of halogens is 1. The maximum absolute atomic E-state index is 14.3. The van der Waals surface area contributed by atoms with Crippen molar-refractivity contribution in [1.29, 1.82) is 5.41 Å². The molecule has 0 bridgehead atoms. The minimum Gasteiger partial charge on any atom is -0.305 e. The fourth-order valence-corrected chi connectivity index (χ4v) is 2.15. The van der Waals surface area contributed by atoms with E-state index in [9.17, 15) is 4.39 Å². The molecule has 0 saturated heterocycles. The molecular weight excluding hydrogens is 261 g/mol. The van der Waals surface area contributed by atoms with Crippen LogP contribution in [0.4, 0.5) is 4.39 Å². The molecule has 0 saturated carbocycles. The Bertz CT molecular complexity index is 668. The van der Waals surface area contributed by atoms with Crippen LogP contribution in [0.2, 0.25) is 0 Å². The average molecular weight is 281 g/mol. The van der Waals surface area contributed by atoms with Gasteiger partial charge in [0.05, 0.1) is 0 Å². The van der Waals surface area contributed by atoms with Gasteiger partial charge in [0.15, 0.2) is 0 Å². The first-order valence-electron chi connectivity index (χ1n) is 7.06. The summed E-state index contributed by atoms with van der Waals surface area (Å²) in [6.45, 7) is 7.77. The van der Waals surface area contributed by atoms with Gasteiger partial charge in [0.1, 0.15) is 5.82 Å². The predicted octanol–water partition coefficient (Wildman–Crippen LogP) is 5.53. The summed E-state index contributed by atoms with van der Waals surface area (Å²) in [6.07, 6.45) is 1.36. The van der Waals surface area contributed by atoms with Gasteiger partial charge in [-0.05, 0) is 43.9 Å². The highest BCUT2D eigenvalue weighted by molar-refractivity contribution is 5.98. The van der Waals surface area contributed by atoms with Crippen molar-refractivity contribution in [2.45, 2.75) is 26.7 Å². The Morgan fingerprint density at radius 3 is 2.33 bits per heavy atom. The van der Waals surface area contributed by atoms with Crippen molar-refractivity contribution >= 4 is 5.71 Å². The molecule has 2 rings (SSSR count). The van der Waals surface area contributed by atoms with Crippen molar-refractivity contribution in [2.75, 3.05) is 0 Å². The van der Waals surface area contributed by atoms with E-state index in [1.165, 1.54) is 6.07 Å². The summed E-state index contributed by atoms with van der Waals surface area (Å²) in [5, 5.41) is 8.02. The summed E-state index contributed by atoms with van der Waals surface area (Å²) in [4.78, 5) is 0. The highest BCUT2D eigenvalue weighted by Gasteiger charge is 2.09. The fraction of sp³-hybridized carbons (Fsp3) is 0.211. The summed E-state index contributed by atoms with van der Waals surface area (Å²) in [5.74, 6) is -0.281. The van der Waals surface area contributed by atoms with Crippen LogP contribution in [-0.2, 0) is 0 Å². The number of rotatable bonds is 5. The van der Waals surface area contributed by atoms with Crippen LogP contribution < -0.4 is 0 Å². The molecule has 2 aromatic rings. The normalized spacial score (nSPS) is 10.4. The van der Waals surface area contributed by atoms with Crippen molar-refractivity contribution in [3.63, 3.8) is 0 Å². The Labute approximate surface area is 125 Å². The van der Waals surface area contributed by atoms with Gasteiger partial charge in [-0.3, -0.25) is 0 Å². The third-order valence-electron chi connectivity index (χ3n) is 3.48. The second-order valence-electron chi connectivity index (χ2n) is 5.50. The van der Waals surface area contributed by atoms with Crippen LogP contribution in [0.1, 0.15) is 30.9 Å². The van der Waals surface area contributed by atoms with Gasteiger partial charge in [-0.15, -0.1) is 6.58 Å². The van der Waals surface area contributed by atoms with Crippen LogP contribution in [-0.4, -0.2) is 5.71 Å². The zero-order valence-electron chi connectivity index (χ0n) is 12.5. The molecule has 0 aliphatic rings. The molecule has 0 aromatic heterocycles. The Morgan fingerprint density at radius 1 is 1.10 bits per heavy atom. The minimum absolute atomic E-state index is 0.281. The van der Waals surface area contributed by atoms with Gasteiger partial charge in [-0.2, -0.15) is 0 Å². The van der Waals surface area contributed by atoms with E-state index in [0.29, 0.717) is 23.3 Å². The molecule has 0 aliphatic heterocycles. The first-order chi connectivity index (χ1) is 9.97. The van der Waals surface area contributed by atoms with Gasteiger partial charge in [-0.25, -0.2) is 4.39 Å². The van der Waals surface area contributed by atoms with Crippen molar-refractivity contribution in [3.8, 4) is 11.1 Å². The van der Waals surface area contributed by atoms with Crippen LogP contribution in [0, 0.1) is 18.2 Å². The smallest absolute Gasteiger partial charge is 0.131 e. The number of hydrogen-bond acceptors (Lipinski definition) is 1. The molecule has 0 spiro atoms. The lowest BCUT2D eigenvalue weighted by Crippen LogP contribution is -2.00. The average Bonchev–Trinajstić information content (AvgIpc) is 2.45. The van der Waals surface area contributed by atoms with E-state index in [0.717, 1.165) is 23.1 Å². The molecule has 0 radical (unpaired) electrons. The summed E-state index contributed by atoms with van der Waals surface area (Å²) < 4.78 is 14.3. The lowest BCUT2D eigenvalue weighted by atomic mass is 9.98. The molecule has 2 aromatic carbocycles. The third kappa shape index (κ3) is 3.88. The van der Waals surface area contributed by atoms with E-state index in [4.69, 9.17) is 5.41 Å². The Balaban J connectivity index is 2.23. The molecule has 0 atom stereocenters. The quantitative estimate of drug-likeness (QED) is 0.550. The lowest BCUT2D eigenvalue weighted by molar-refractivity contribution is 0.631. The second-order valence-corrected chi connectivity index (χ2v) is 5.50. The largest absolute Gasteiger partial charge is 0.305 e. The number of allylic oxidation sites excluding steroid dienone is 1. The first kappa shape index (κ1) is 15.2. The molecule has 0 fully saturated rings. The highest BCUT2D eigenvalue weighted by atomic mass is 19.1. The van der Waals surface area contributed by atoms with Gasteiger partial charge in [0.2, 0.25) is 0 Å². The van der Waals surface area contributed by atoms with E-state index in [2.05, 4.69) is 6.58 Å². The van der Waals surface area contributed by atoms with Crippen LogP contribution in [0.3, 0.4) is 0 Å². The number of nitrogens with one attached hydrogen (secondary N) is 1. The molecule has 0 heterocycles. The van der Waals surface area contributed by atoms with Gasteiger partial charge in [0.25, 0.3) is 0 Å². The zero-order valence-corrected chi connectivity index (χ0v) is 12.5. The van der Waals surface area contributed by atoms with Gasteiger partial charge >= 0.3 is 0 Å². The molecular formula is C19H20FN. The number of hydrogen-bond donors (Lipinski definition) is 1.